The number of nitrogens with one attached hydrogen (secondary N) is 1. The van der Waals surface area contributed by atoms with Gasteiger partial charge in [-0.25, -0.2) is 0 Å². The van der Waals surface area contributed by atoms with Crippen LogP contribution in [0, 0.1) is 16.7 Å². The number of benzene rings is 1. The van der Waals surface area contributed by atoms with Gasteiger partial charge in [0.1, 0.15) is 0 Å². The van der Waals surface area contributed by atoms with Crippen LogP contribution in [0.2, 0.25) is 5.02 Å². The summed E-state index contributed by atoms with van der Waals surface area (Å²) in [5.74, 6) is 0.866. The summed E-state index contributed by atoms with van der Waals surface area (Å²) in [7, 11) is 0. The summed E-state index contributed by atoms with van der Waals surface area (Å²) in [6.07, 6.45) is 4.03. The van der Waals surface area contributed by atoms with Crippen molar-refractivity contribution in [2.45, 2.75) is 46.1 Å². The Balaban J connectivity index is 1.84. The van der Waals surface area contributed by atoms with E-state index in [1.807, 2.05) is 6.07 Å². The van der Waals surface area contributed by atoms with Crippen LogP contribution in [-0.2, 0) is 0 Å². The molecule has 2 aliphatic rings. The topological polar surface area (TPSA) is 12.0 Å². The molecule has 0 radical (unpaired) electrons. The third-order valence-corrected chi connectivity index (χ3v) is 7.27. The highest BCUT2D eigenvalue weighted by atomic mass is 79.9. The van der Waals surface area contributed by atoms with Crippen molar-refractivity contribution in [3.05, 3.63) is 27.7 Å². The zero-order chi connectivity index (χ0) is 13.8. The van der Waals surface area contributed by atoms with Crippen LogP contribution in [-0.4, -0.2) is 6.04 Å². The molecule has 2 saturated carbocycles. The van der Waals surface area contributed by atoms with E-state index in [9.17, 15) is 0 Å². The van der Waals surface area contributed by atoms with Gasteiger partial charge in [0, 0.05) is 16.2 Å². The number of hydrogen-bond donors (Lipinski definition) is 1. The van der Waals surface area contributed by atoms with Gasteiger partial charge in [-0.15, -0.1) is 0 Å². The Kier molecular flexibility index (Phi) is 3.18. The molecule has 1 N–H and O–H groups in total. The highest BCUT2D eigenvalue weighted by Gasteiger charge is 2.61. The average molecular weight is 343 g/mol. The lowest BCUT2D eigenvalue weighted by atomic mass is 9.69. The summed E-state index contributed by atoms with van der Waals surface area (Å²) < 4.78 is 0.965. The number of hydrogen-bond acceptors (Lipinski definition) is 1. The molecule has 3 rings (SSSR count). The molecular weight excluding hydrogens is 322 g/mol. The fraction of sp³-hybridized carbons (Fsp3) is 0.625. The van der Waals surface area contributed by atoms with E-state index in [4.69, 9.17) is 11.6 Å². The van der Waals surface area contributed by atoms with Gasteiger partial charge in [0.25, 0.3) is 0 Å². The van der Waals surface area contributed by atoms with E-state index in [0.717, 1.165) is 15.4 Å². The maximum atomic E-state index is 6.06. The van der Waals surface area contributed by atoms with Gasteiger partial charge in [0.15, 0.2) is 0 Å². The van der Waals surface area contributed by atoms with Gasteiger partial charge in [-0.1, -0.05) is 32.4 Å². The number of fused-ring (bicyclic) bond motifs is 2. The first-order chi connectivity index (χ1) is 8.84. The summed E-state index contributed by atoms with van der Waals surface area (Å²) in [4.78, 5) is 0. The van der Waals surface area contributed by atoms with E-state index < -0.39 is 0 Å². The molecule has 1 nitrogen and oxygen atoms in total. The van der Waals surface area contributed by atoms with Crippen molar-refractivity contribution in [3.8, 4) is 0 Å². The molecule has 2 bridgehead atoms. The van der Waals surface area contributed by atoms with Crippen LogP contribution < -0.4 is 5.32 Å². The fourth-order valence-corrected chi connectivity index (χ4v) is 4.71. The van der Waals surface area contributed by atoms with E-state index in [-0.39, 0.29) is 0 Å². The SMILES string of the molecule is CC1(C)C2CCC1(C)C(Nc1ccc(Cl)c(Br)c1)C2. The third kappa shape index (κ3) is 1.94. The van der Waals surface area contributed by atoms with Gasteiger partial charge in [-0.3, -0.25) is 0 Å². The molecule has 3 heteroatoms. The van der Waals surface area contributed by atoms with Crippen molar-refractivity contribution in [1.82, 2.24) is 0 Å². The van der Waals surface area contributed by atoms with Crippen LogP contribution in [0.25, 0.3) is 0 Å². The highest BCUT2D eigenvalue weighted by molar-refractivity contribution is 9.10. The summed E-state index contributed by atoms with van der Waals surface area (Å²) >= 11 is 9.56. The standard InChI is InChI=1S/C16H21BrClN/c1-15(2)10-6-7-16(15,3)14(8-10)19-11-4-5-13(18)12(17)9-11/h4-5,9-10,14,19H,6-8H2,1-3H3. The van der Waals surface area contributed by atoms with Crippen LogP contribution in [0.3, 0.4) is 0 Å². The van der Waals surface area contributed by atoms with Crippen molar-refractivity contribution in [3.63, 3.8) is 0 Å². The van der Waals surface area contributed by atoms with Crippen molar-refractivity contribution >= 4 is 33.2 Å². The minimum atomic E-state index is 0.407. The Morgan fingerprint density at radius 2 is 2.05 bits per heavy atom. The molecule has 0 saturated heterocycles. The molecule has 3 atom stereocenters. The number of anilines is 1. The van der Waals surface area contributed by atoms with E-state index >= 15 is 0 Å². The van der Waals surface area contributed by atoms with Crippen LogP contribution in [0.5, 0.6) is 0 Å². The zero-order valence-corrected chi connectivity index (χ0v) is 14.1. The normalized spacial score (nSPS) is 35.6. The molecular formula is C16H21BrClN. The molecule has 0 amide bonds. The zero-order valence-electron chi connectivity index (χ0n) is 11.8. The first-order valence-electron chi connectivity index (χ1n) is 7.06. The third-order valence-electron chi connectivity index (χ3n) is 6.05. The molecule has 0 heterocycles. The first-order valence-corrected chi connectivity index (χ1v) is 8.23. The summed E-state index contributed by atoms with van der Waals surface area (Å²) in [5.41, 5.74) is 2.03. The lowest BCUT2D eigenvalue weighted by Crippen LogP contribution is -2.40. The van der Waals surface area contributed by atoms with Gasteiger partial charge in [0.2, 0.25) is 0 Å². The lowest BCUT2D eigenvalue weighted by Gasteiger charge is -2.40. The second-order valence-corrected chi connectivity index (χ2v) is 8.20. The van der Waals surface area contributed by atoms with Crippen molar-refractivity contribution in [2.24, 2.45) is 16.7 Å². The fourth-order valence-electron chi connectivity index (χ4n) is 4.21. The van der Waals surface area contributed by atoms with Crippen molar-refractivity contribution < 1.29 is 0 Å². The minimum Gasteiger partial charge on any atom is -0.382 e. The van der Waals surface area contributed by atoms with Crippen molar-refractivity contribution in [1.29, 1.82) is 0 Å². The Bertz CT molecular complexity index is 513. The van der Waals surface area contributed by atoms with Gasteiger partial charge in [0.05, 0.1) is 5.02 Å². The van der Waals surface area contributed by atoms with E-state index in [1.165, 1.54) is 24.9 Å². The smallest absolute Gasteiger partial charge is 0.0549 e. The molecule has 19 heavy (non-hydrogen) atoms. The molecule has 0 spiro atoms. The van der Waals surface area contributed by atoms with E-state index in [1.54, 1.807) is 0 Å². The van der Waals surface area contributed by atoms with E-state index in [2.05, 4.69) is 54.2 Å². The number of halogens is 2. The predicted octanol–water partition coefficient (Wildman–Crippen LogP) is 5.73. The molecule has 2 fully saturated rings. The second-order valence-electron chi connectivity index (χ2n) is 6.94. The maximum Gasteiger partial charge on any atom is 0.0549 e. The summed E-state index contributed by atoms with van der Waals surface area (Å²) in [6, 6.07) is 6.70. The molecule has 0 aliphatic heterocycles. The molecule has 0 aromatic heterocycles. The molecule has 3 unspecified atom stereocenters. The van der Waals surface area contributed by atoms with Crippen molar-refractivity contribution in [2.75, 3.05) is 5.32 Å². The lowest BCUT2D eigenvalue weighted by molar-refractivity contribution is 0.142. The summed E-state index contributed by atoms with van der Waals surface area (Å²) in [5, 5.41) is 4.52. The minimum absolute atomic E-state index is 0.407. The Morgan fingerprint density at radius 1 is 1.32 bits per heavy atom. The monoisotopic (exact) mass is 341 g/mol. The predicted molar refractivity (Wildman–Crippen MR) is 85.8 cm³/mol. The largest absolute Gasteiger partial charge is 0.382 e. The molecule has 104 valence electrons. The highest BCUT2D eigenvalue weighted by Crippen LogP contribution is 2.65. The number of rotatable bonds is 2. The maximum absolute atomic E-state index is 6.06. The van der Waals surface area contributed by atoms with Crippen LogP contribution in [0.15, 0.2) is 22.7 Å². The molecule has 1 aromatic rings. The van der Waals surface area contributed by atoms with Crippen LogP contribution in [0.4, 0.5) is 5.69 Å². The Hall–Kier alpha value is -0.210. The van der Waals surface area contributed by atoms with Gasteiger partial charge >= 0.3 is 0 Å². The molecule has 1 aromatic carbocycles. The van der Waals surface area contributed by atoms with Crippen LogP contribution in [0.1, 0.15) is 40.0 Å². The second kappa shape index (κ2) is 4.39. The van der Waals surface area contributed by atoms with Gasteiger partial charge < -0.3 is 5.32 Å². The average Bonchev–Trinajstić information content (AvgIpc) is 2.67. The van der Waals surface area contributed by atoms with Gasteiger partial charge in [-0.2, -0.15) is 0 Å². The summed E-state index contributed by atoms with van der Waals surface area (Å²) in [6.45, 7) is 7.36. The van der Waals surface area contributed by atoms with Gasteiger partial charge in [-0.05, 0) is 70.1 Å². The first kappa shape index (κ1) is 13.8. The molecule has 2 aliphatic carbocycles. The van der Waals surface area contributed by atoms with Crippen LogP contribution >= 0.6 is 27.5 Å². The quantitative estimate of drug-likeness (QED) is 0.723. The Morgan fingerprint density at radius 3 is 2.58 bits per heavy atom. The van der Waals surface area contributed by atoms with E-state index in [0.29, 0.717) is 16.9 Å². The Labute approximate surface area is 129 Å².